The predicted octanol–water partition coefficient (Wildman–Crippen LogP) is 5.90. The van der Waals surface area contributed by atoms with Crippen molar-refractivity contribution in [1.82, 2.24) is 10.6 Å². The Balaban J connectivity index is 1.67. The minimum absolute atomic E-state index is 0.0436. The maximum Gasteiger partial charge on any atom is 0.309 e. The van der Waals surface area contributed by atoms with Crippen molar-refractivity contribution in [3.8, 4) is 0 Å². The lowest BCUT2D eigenvalue weighted by Crippen LogP contribution is -2.42. The number of nitrogens with one attached hydrogen (secondary N) is 2. The van der Waals surface area contributed by atoms with Crippen LogP contribution in [0.1, 0.15) is 54.8 Å². The number of carbonyl (C=O) groups is 3. The molecule has 0 saturated heterocycles. The summed E-state index contributed by atoms with van der Waals surface area (Å²) >= 11 is 0. The second-order valence-corrected chi connectivity index (χ2v) is 11.3. The zero-order valence-corrected chi connectivity index (χ0v) is 26.0. The maximum absolute atomic E-state index is 13.6. The molecule has 0 saturated carbocycles. The largest absolute Gasteiger partial charge is 0.463 e. The molecule has 0 aliphatic heterocycles. The Bertz CT molecular complexity index is 1330. The van der Waals surface area contributed by atoms with E-state index in [4.69, 9.17) is 4.74 Å². The van der Waals surface area contributed by atoms with E-state index in [-0.39, 0.29) is 49.8 Å². The summed E-state index contributed by atoms with van der Waals surface area (Å²) in [5.74, 6) is -2.01. The van der Waals surface area contributed by atoms with Crippen molar-refractivity contribution in [2.75, 3.05) is 13.2 Å². The summed E-state index contributed by atoms with van der Waals surface area (Å²) in [5.41, 5.74) is 2.84. The Morgan fingerprint density at radius 1 is 0.778 bits per heavy atom. The number of ether oxygens (including phenoxy) is 1. The van der Waals surface area contributed by atoms with E-state index in [0.29, 0.717) is 19.3 Å². The van der Waals surface area contributed by atoms with Gasteiger partial charge in [0.05, 0.1) is 30.5 Å². The maximum atomic E-state index is 13.6. The van der Waals surface area contributed by atoms with Gasteiger partial charge >= 0.3 is 5.97 Å². The highest BCUT2D eigenvalue weighted by Crippen LogP contribution is 2.21. The topological polar surface area (TPSA) is 105 Å². The zero-order valence-electron chi connectivity index (χ0n) is 26.0. The highest BCUT2D eigenvalue weighted by atomic mass is 16.5. The van der Waals surface area contributed by atoms with E-state index < -0.39 is 18.0 Å². The fourth-order valence-electron chi connectivity index (χ4n) is 5.24. The number of hydrogen-bond acceptors (Lipinski definition) is 5. The van der Waals surface area contributed by atoms with Crippen molar-refractivity contribution in [2.24, 2.45) is 11.8 Å². The van der Waals surface area contributed by atoms with Gasteiger partial charge in [-0.05, 0) is 55.2 Å². The van der Waals surface area contributed by atoms with Crippen molar-refractivity contribution in [3.63, 3.8) is 0 Å². The van der Waals surface area contributed by atoms with Crippen molar-refractivity contribution >= 4 is 17.8 Å². The van der Waals surface area contributed by atoms with Crippen LogP contribution in [0, 0.1) is 11.8 Å². The van der Waals surface area contributed by atoms with E-state index in [1.165, 1.54) is 0 Å². The van der Waals surface area contributed by atoms with Gasteiger partial charge in [-0.25, -0.2) is 0 Å². The molecule has 4 atom stereocenters. The smallest absolute Gasteiger partial charge is 0.309 e. The van der Waals surface area contributed by atoms with Gasteiger partial charge in [0.1, 0.15) is 6.61 Å². The fraction of sp³-hybridized carbons (Fsp3) is 0.342. The molecule has 7 nitrogen and oxygen atoms in total. The SMILES string of the molecule is C=CCCC[C@H](Cc1ccccc1)C(=O)OC[C@@H](NC(=O)[C@@H](CC=C)CC(=O)N[C@H](CO)Cc1ccccc1)c1ccccc1. The Hall–Kier alpha value is -4.49. The summed E-state index contributed by atoms with van der Waals surface area (Å²) in [4.78, 5) is 39.9. The standard InChI is InChI=1S/C38H46N2O5/c1-3-5-9-23-33(24-29-17-10-6-11-18-29)38(44)45-28-35(31-21-14-8-15-22-31)40-37(43)32(16-4-2)26-36(42)39-34(27-41)25-30-19-12-7-13-20-30/h3-4,6-8,10-15,17-22,32-35,41H,1-2,5,9,16,23-28H2,(H,39,42)(H,40,43)/t32-,33+,34-,35+/m0/s1. The van der Waals surface area contributed by atoms with Crippen molar-refractivity contribution < 1.29 is 24.2 Å². The summed E-state index contributed by atoms with van der Waals surface area (Å²) in [6.45, 7) is 7.30. The summed E-state index contributed by atoms with van der Waals surface area (Å²) in [6.07, 6.45) is 7.00. The molecule has 0 spiro atoms. The lowest BCUT2D eigenvalue weighted by atomic mass is 9.94. The van der Waals surface area contributed by atoms with Gasteiger partial charge in [0.2, 0.25) is 11.8 Å². The summed E-state index contributed by atoms with van der Waals surface area (Å²) in [5, 5.41) is 15.7. The highest BCUT2D eigenvalue weighted by Gasteiger charge is 2.27. The van der Waals surface area contributed by atoms with Crippen LogP contribution in [0.5, 0.6) is 0 Å². The molecular weight excluding hydrogens is 564 g/mol. The van der Waals surface area contributed by atoms with Gasteiger partial charge in [-0.3, -0.25) is 14.4 Å². The number of esters is 1. The summed E-state index contributed by atoms with van der Waals surface area (Å²) < 4.78 is 5.86. The molecule has 0 aromatic heterocycles. The molecule has 0 aliphatic carbocycles. The average Bonchev–Trinajstić information content (AvgIpc) is 3.06. The third-order valence-corrected chi connectivity index (χ3v) is 7.69. The fourth-order valence-corrected chi connectivity index (χ4v) is 5.24. The first-order valence-electron chi connectivity index (χ1n) is 15.6. The Morgan fingerprint density at radius 2 is 1.38 bits per heavy atom. The number of amides is 2. The van der Waals surface area contributed by atoms with Crippen molar-refractivity contribution in [2.45, 2.75) is 57.0 Å². The lowest BCUT2D eigenvalue weighted by Gasteiger charge is -2.24. The average molecular weight is 611 g/mol. The van der Waals surface area contributed by atoms with E-state index in [9.17, 15) is 19.5 Å². The number of unbranched alkanes of at least 4 members (excludes halogenated alkanes) is 1. The predicted molar refractivity (Wildman–Crippen MR) is 178 cm³/mol. The molecule has 3 rings (SSSR count). The van der Waals surface area contributed by atoms with E-state index in [1.54, 1.807) is 6.08 Å². The summed E-state index contributed by atoms with van der Waals surface area (Å²) in [6, 6.07) is 27.7. The first-order chi connectivity index (χ1) is 21.9. The molecule has 7 heteroatoms. The molecule has 0 heterocycles. The Morgan fingerprint density at radius 3 is 1.96 bits per heavy atom. The van der Waals surface area contributed by atoms with Crippen LogP contribution in [0.25, 0.3) is 0 Å². The van der Waals surface area contributed by atoms with Gasteiger partial charge in [0, 0.05) is 6.42 Å². The molecule has 3 N–H and O–H groups in total. The minimum Gasteiger partial charge on any atom is -0.463 e. The molecule has 3 aromatic rings. The third-order valence-electron chi connectivity index (χ3n) is 7.69. The number of allylic oxidation sites excluding steroid dienone is 2. The van der Waals surface area contributed by atoms with Gasteiger partial charge in [-0.2, -0.15) is 0 Å². The van der Waals surface area contributed by atoms with E-state index >= 15 is 0 Å². The molecule has 2 amide bonds. The van der Waals surface area contributed by atoms with Gasteiger partial charge in [0.15, 0.2) is 0 Å². The van der Waals surface area contributed by atoms with Crippen LogP contribution in [-0.4, -0.2) is 42.1 Å². The van der Waals surface area contributed by atoms with Gasteiger partial charge in [-0.15, -0.1) is 13.2 Å². The quantitative estimate of drug-likeness (QED) is 0.0839. The number of hydrogen-bond donors (Lipinski definition) is 3. The molecule has 0 aliphatic rings. The molecule has 0 radical (unpaired) electrons. The first kappa shape index (κ1) is 35.0. The van der Waals surface area contributed by atoms with Crippen LogP contribution in [0.4, 0.5) is 0 Å². The van der Waals surface area contributed by atoms with Gasteiger partial charge in [-0.1, -0.05) is 103 Å². The van der Waals surface area contributed by atoms with E-state index in [1.807, 2.05) is 97.1 Å². The zero-order chi connectivity index (χ0) is 32.3. The number of carbonyl (C=O) groups excluding carboxylic acids is 3. The molecule has 238 valence electrons. The first-order valence-corrected chi connectivity index (χ1v) is 15.6. The number of aliphatic hydroxyl groups is 1. The van der Waals surface area contributed by atoms with Crippen LogP contribution in [0.15, 0.2) is 116 Å². The van der Waals surface area contributed by atoms with Crippen LogP contribution in [-0.2, 0) is 32.0 Å². The van der Waals surface area contributed by atoms with Crippen LogP contribution >= 0.6 is 0 Å². The van der Waals surface area contributed by atoms with Gasteiger partial charge in [0.25, 0.3) is 0 Å². The summed E-state index contributed by atoms with van der Waals surface area (Å²) in [7, 11) is 0. The van der Waals surface area contributed by atoms with Crippen molar-refractivity contribution in [1.29, 1.82) is 0 Å². The minimum atomic E-state index is -0.690. The lowest BCUT2D eigenvalue weighted by molar-refractivity contribution is -0.150. The highest BCUT2D eigenvalue weighted by molar-refractivity contribution is 5.86. The third kappa shape index (κ3) is 12.6. The number of benzene rings is 3. The molecule has 45 heavy (non-hydrogen) atoms. The molecule has 3 aromatic carbocycles. The molecule has 0 bridgehead atoms. The molecular formula is C38H46N2O5. The normalized spacial score (nSPS) is 13.4. The van der Waals surface area contributed by atoms with E-state index in [0.717, 1.165) is 29.5 Å². The van der Waals surface area contributed by atoms with Crippen LogP contribution in [0.2, 0.25) is 0 Å². The molecule has 0 fully saturated rings. The van der Waals surface area contributed by atoms with Crippen molar-refractivity contribution in [3.05, 3.63) is 133 Å². The molecule has 0 unspecified atom stereocenters. The Labute approximate surface area is 267 Å². The van der Waals surface area contributed by atoms with Gasteiger partial charge < -0.3 is 20.5 Å². The van der Waals surface area contributed by atoms with Crippen LogP contribution in [0.3, 0.4) is 0 Å². The van der Waals surface area contributed by atoms with E-state index in [2.05, 4.69) is 23.8 Å². The second-order valence-electron chi connectivity index (χ2n) is 11.3. The Kier molecular flexibility index (Phi) is 15.3. The number of aliphatic hydroxyl groups excluding tert-OH is 1. The van der Waals surface area contributed by atoms with Crippen LogP contribution < -0.4 is 10.6 Å². The number of rotatable bonds is 20. The monoisotopic (exact) mass is 610 g/mol. The second kappa shape index (κ2) is 19.7.